The molecule has 0 unspecified atom stereocenters. The molecule has 2 saturated carbocycles. The molecule has 0 bridgehead atoms. The van der Waals surface area contributed by atoms with Gasteiger partial charge in [0, 0.05) is 12.0 Å². The Morgan fingerprint density at radius 1 is 1.11 bits per heavy atom. The summed E-state index contributed by atoms with van der Waals surface area (Å²) in [6.07, 6.45) is 3.04. The lowest BCUT2D eigenvalue weighted by Gasteiger charge is -2.18. The Balaban J connectivity index is 1.64. The van der Waals surface area contributed by atoms with Gasteiger partial charge in [0.1, 0.15) is 5.41 Å². The van der Waals surface area contributed by atoms with E-state index >= 15 is 0 Å². The normalized spacial score (nSPS) is 21.5. The summed E-state index contributed by atoms with van der Waals surface area (Å²) >= 11 is 0. The molecule has 0 radical (unpaired) electrons. The molecule has 1 aromatic carbocycles. The summed E-state index contributed by atoms with van der Waals surface area (Å²) in [6.45, 7) is 0.547. The van der Waals surface area contributed by atoms with Crippen LogP contribution >= 0.6 is 0 Å². The molecule has 4 nitrogen and oxygen atoms in total. The molecule has 19 heavy (non-hydrogen) atoms. The van der Waals surface area contributed by atoms with Crippen molar-refractivity contribution in [1.29, 1.82) is 0 Å². The van der Waals surface area contributed by atoms with E-state index in [0.29, 0.717) is 19.4 Å². The molecule has 2 fully saturated rings. The third-order valence-electron chi connectivity index (χ3n) is 4.42. The number of amides is 1. The number of carboxylic acids is 1. The van der Waals surface area contributed by atoms with Crippen LogP contribution in [0.3, 0.4) is 0 Å². The first-order chi connectivity index (χ1) is 9.09. The van der Waals surface area contributed by atoms with Crippen molar-refractivity contribution in [3.05, 3.63) is 35.9 Å². The van der Waals surface area contributed by atoms with E-state index in [4.69, 9.17) is 5.11 Å². The van der Waals surface area contributed by atoms with Gasteiger partial charge in [0.05, 0.1) is 0 Å². The van der Waals surface area contributed by atoms with Crippen molar-refractivity contribution in [2.45, 2.75) is 31.1 Å². The molecule has 3 rings (SSSR count). The maximum atomic E-state index is 12.0. The van der Waals surface area contributed by atoms with Gasteiger partial charge >= 0.3 is 5.97 Å². The van der Waals surface area contributed by atoms with Gasteiger partial charge in [-0.25, -0.2) is 0 Å². The number of carboxylic acid groups (broad SMARTS) is 1. The van der Waals surface area contributed by atoms with Crippen molar-refractivity contribution in [2.75, 3.05) is 6.54 Å². The first-order valence-corrected chi connectivity index (χ1v) is 6.66. The summed E-state index contributed by atoms with van der Waals surface area (Å²) in [5, 5.41) is 11.9. The largest absolute Gasteiger partial charge is 0.480 e. The van der Waals surface area contributed by atoms with Crippen molar-refractivity contribution in [2.24, 2.45) is 5.41 Å². The Morgan fingerprint density at radius 2 is 1.74 bits per heavy atom. The molecule has 0 aromatic heterocycles. The summed E-state index contributed by atoms with van der Waals surface area (Å²) in [6, 6.07) is 10.1. The van der Waals surface area contributed by atoms with E-state index in [-0.39, 0.29) is 11.3 Å². The number of hydrogen-bond donors (Lipinski definition) is 2. The van der Waals surface area contributed by atoms with Crippen LogP contribution in [0, 0.1) is 5.41 Å². The predicted molar refractivity (Wildman–Crippen MR) is 69.7 cm³/mol. The van der Waals surface area contributed by atoms with Gasteiger partial charge < -0.3 is 10.4 Å². The van der Waals surface area contributed by atoms with Crippen molar-refractivity contribution in [3.63, 3.8) is 0 Å². The molecule has 1 amide bonds. The van der Waals surface area contributed by atoms with Gasteiger partial charge in [0.2, 0.25) is 5.91 Å². The van der Waals surface area contributed by atoms with E-state index in [1.54, 1.807) is 0 Å². The Labute approximate surface area is 111 Å². The van der Waals surface area contributed by atoms with E-state index in [0.717, 1.165) is 12.8 Å². The van der Waals surface area contributed by atoms with Crippen molar-refractivity contribution >= 4 is 11.9 Å². The van der Waals surface area contributed by atoms with Crippen LogP contribution in [0.5, 0.6) is 0 Å². The van der Waals surface area contributed by atoms with Gasteiger partial charge in [-0.15, -0.1) is 0 Å². The fourth-order valence-electron chi connectivity index (χ4n) is 2.59. The maximum Gasteiger partial charge on any atom is 0.319 e. The number of nitrogens with one attached hydrogen (secondary N) is 1. The lowest BCUT2D eigenvalue weighted by molar-refractivity contribution is -0.149. The molecule has 4 heteroatoms. The molecule has 2 aliphatic carbocycles. The fraction of sp³-hybridized carbons (Fsp3) is 0.467. The van der Waals surface area contributed by atoms with Crippen molar-refractivity contribution < 1.29 is 14.7 Å². The second-order valence-corrected chi connectivity index (χ2v) is 5.72. The minimum absolute atomic E-state index is 0.0332. The molecule has 0 spiro atoms. The van der Waals surface area contributed by atoms with Gasteiger partial charge in [-0.05, 0) is 31.2 Å². The maximum absolute atomic E-state index is 12.0. The first-order valence-electron chi connectivity index (χ1n) is 6.66. The summed E-state index contributed by atoms with van der Waals surface area (Å²) in [7, 11) is 0. The molecule has 0 saturated heterocycles. The number of carbonyl (C=O) groups excluding carboxylic acids is 1. The third-order valence-corrected chi connectivity index (χ3v) is 4.42. The lowest BCUT2D eigenvalue weighted by atomic mass is 9.95. The topological polar surface area (TPSA) is 66.4 Å². The van der Waals surface area contributed by atoms with E-state index in [9.17, 15) is 9.59 Å². The molecular formula is C15H17NO3. The minimum Gasteiger partial charge on any atom is -0.480 e. The smallest absolute Gasteiger partial charge is 0.319 e. The van der Waals surface area contributed by atoms with Crippen LogP contribution < -0.4 is 5.32 Å². The average Bonchev–Trinajstić information content (AvgIpc) is 3.30. The minimum atomic E-state index is -1.13. The van der Waals surface area contributed by atoms with Crippen LogP contribution in [0.25, 0.3) is 0 Å². The Kier molecular flexibility index (Phi) is 2.62. The van der Waals surface area contributed by atoms with Crippen molar-refractivity contribution in [1.82, 2.24) is 5.32 Å². The Hall–Kier alpha value is -1.84. The van der Waals surface area contributed by atoms with Gasteiger partial charge in [0.25, 0.3) is 0 Å². The highest BCUT2D eigenvalue weighted by molar-refractivity contribution is 6.04. The highest BCUT2D eigenvalue weighted by atomic mass is 16.4. The lowest BCUT2D eigenvalue weighted by Crippen LogP contribution is -2.40. The van der Waals surface area contributed by atoms with E-state index in [1.165, 1.54) is 5.56 Å². The SMILES string of the molecule is O=C(O)C1(C(=O)NCC2(c3ccccc3)CC2)CC1. The van der Waals surface area contributed by atoms with Gasteiger partial charge in [-0.3, -0.25) is 9.59 Å². The highest BCUT2D eigenvalue weighted by Crippen LogP contribution is 2.49. The summed E-state index contributed by atoms with van der Waals surface area (Å²) < 4.78 is 0. The number of hydrogen-bond acceptors (Lipinski definition) is 2. The summed E-state index contributed by atoms with van der Waals surface area (Å²) in [5.74, 6) is -1.31. The Bertz CT molecular complexity index is 515. The molecule has 2 aliphatic rings. The van der Waals surface area contributed by atoms with Gasteiger partial charge in [0.15, 0.2) is 0 Å². The fourth-order valence-corrected chi connectivity index (χ4v) is 2.59. The predicted octanol–water partition coefficient (Wildman–Crippen LogP) is 1.70. The quantitative estimate of drug-likeness (QED) is 0.791. The van der Waals surface area contributed by atoms with E-state index in [2.05, 4.69) is 17.4 Å². The van der Waals surface area contributed by atoms with Crippen LogP contribution in [0.15, 0.2) is 30.3 Å². The third kappa shape index (κ3) is 2.01. The van der Waals surface area contributed by atoms with Crippen LogP contribution in [0.4, 0.5) is 0 Å². The highest BCUT2D eigenvalue weighted by Gasteiger charge is 2.57. The molecule has 2 N–H and O–H groups in total. The molecule has 100 valence electrons. The van der Waals surface area contributed by atoms with E-state index in [1.807, 2.05) is 18.2 Å². The average molecular weight is 259 g/mol. The second kappa shape index (κ2) is 4.08. The van der Waals surface area contributed by atoms with Crippen LogP contribution in [0.2, 0.25) is 0 Å². The van der Waals surface area contributed by atoms with Gasteiger partial charge in [-0.2, -0.15) is 0 Å². The molecular weight excluding hydrogens is 242 g/mol. The molecule has 0 atom stereocenters. The summed E-state index contributed by atoms with van der Waals surface area (Å²) in [5.41, 5.74) is 0.133. The number of rotatable bonds is 5. The monoisotopic (exact) mass is 259 g/mol. The first kappa shape index (κ1) is 12.2. The van der Waals surface area contributed by atoms with Crippen molar-refractivity contribution in [3.8, 4) is 0 Å². The Morgan fingerprint density at radius 3 is 2.21 bits per heavy atom. The van der Waals surface area contributed by atoms with E-state index < -0.39 is 11.4 Å². The molecule has 1 aromatic rings. The van der Waals surface area contributed by atoms with Gasteiger partial charge in [-0.1, -0.05) is 30.3 Å². The number of aliphatic carboxylic acids is 1. The van der Waals surface area contributed by atoms with Crippen LogP contribution in [-0.2, 0) is 15.0 Å². The second-order valence-electron chi connectivity index (χ2n) is 5.72. The zero-order chi connectivity index (χ0) is 13.5. The number of benzene rings is 1. The molecule has 0 heterocycles. The molecule has 0 aliphatic heterocycles. The zero-order valence-electron chi connectivity index (χ0n) is 10.7. The summed E-state index contributed by atoms with van der Waals surface area (Å²) in [4.78, 5) is 23.1. The zero-order valence-corrected chi connectivity index (χ0v) is 10.7. The standard InChI is InChI=1S/C15H17NO3/c17-12(15(8-9-15)13(18)19)16-10-14(6-7-14)11-4-2-1-3-5-11/h1-5H,6-10H2,(H,16,17)(H,18,19). The van der Waals surface area contributed by atoms with Crippen LogP contribution in [-0.4, -0.2) is 23.5 Å². The van der Waals surface area contributed by atoms with Crippen LogP contribution in [0.1, 0.15) is 31.2 Å². The number of carbonyl (C=O) groups is 2.